The van der Waals surface area contributed by atoms with Gasteiger partial charge in [-0.2, -0.15) is 0 Å². The molecule has 72 valence electrons. The molecular formula is C9H15N3S. The molecule has 0 amide bonds. The summed E-state index contributed by atoms with van der Waals surface area (Å²) in [7, 11) is 0. The fraction of sp³-hybridized carbons (Fsp3) is 0.667. The number of H-pyrrole nitrogens is 1. The highest BCUT2D eigenvalue weighted by atomic mass is 32.1. The summed E-state index contributed by atoms with van der Waals surface area (Å²) in [5.74, 6) is 0. The van der Waals surface area contributed by atoms with Crippen LogP contribution in [0.15, 0.2) is 12.4 Å². The first-order chi connectivity index (χ1) is 6.36. The molecule has 13 heavy (non-hydrogen) atoms. The predicted molar refractivity (Wildman–Crippen MR) is 55.3 cm³/mol. The van der Waals surface area contributed by atoms with Crippen LogP contribution in [0.5, 0.6) is 0 Å². The number of imidazole rings is 1. The van der Waals surface area contributed by atoms with Crippen LogP contribution in [0.25, 0.3) is 0 Å². The van der Waals surface area contributed by atoms with Gasteiger partial charge in [0.05, 0.1) is 0 Å². The Morgan fingerprint density at radius 2 is 2.08 bits per heavy atom. The third kappa shape index (κ3) is 2.19. The van der Waals surface area contributed by atoms with Gasteiger partial charge in [0.2, 0.25) is 0 Å². The normalized spacial score (nSPS) is 18.2. The first kappa shape index (κ1) is 8.97. The van der Waals surface area contributed by atoms with Gasteiger partial charge in [-0.1, -0.05) is 0 Å². The molecule has 0 bridgehead atoms. The van der Waals surface area contributed by atoms with E-state index in [0.717, 1.165) is 17.9 Å². The number of likely N-dealkylation sites (tertiary alicyclic amines) is 1. The fourth-order valence-electron chi connectivity index (χ4n) is 1.78. The van der Waals surface area contributed by atoms with E-state index in [1.165, 1.54) is 25.9 Å². The second-order valence-electron chi connectivity index (χ2n) is 3.51. The van der Waals surface area contributed by atoms with Crippen molar-refractivity contribution in [1.29, 1.82) is 0 Å². The minimum Gasteiger partial charge on any atom is -0.337 e. The number of hydrogen-bond acceptors (Lipinski definition) is 2. The third-order valence-electron chi connectivity index (χ3n) is 2.58. The molecule has 2 rings (SSSR count). The lowest BCUT2D eigenvalue weighted by molar-refractivity contribution is 0.322. The van der Waals surface area contributed by atoms with E-state index in [1.807, 2.05) is 12.4 Å². The van der Waals surface area contributed by atoms with Crippen LogP contribution in [-0.2, 0) is 6.54 Å². The van der Waals surface area contributed by atoms with Gasteiger partial charge in [-0.05, 0) is 38.1 Å². The number of rotatable bonds is 3. The Labute approximate surface area is 83.4 Å². The summed E-state index contributed by atoms with van der Waals surface area (Å²) in [6.45, 7) is 4.67. The summed E-state index contributed by atoms with van der Waals surface area (Å²) in [6, 6.07) is 0. The van der Waals surface area contributed by atoms with Gasteiger partial charge in [0.25, 0.3) is 0 Å². The molecule has 0 aromatic carbocycles. The monoisotopic (exact) mass is 197 g/mol. The zero-order valence-corrected chi connectivity index (χ0v) is 8.52. The Hall–Kier alpha value is -0.610. The molecule has 1 aromatic heterocycles. The van der Waals surface area contributed by atoms with Crippen LogP contribution < -0.4 is 0 Å². The molecule has 1 N–H and O–H groups in total. The zero-order chi connectivity index (χ0) is 9.10. The molecule has 0 aliphatic carbocycles. The summed E-state index contributed by atoms with van der Waals surface area (Å²) in [5.41, 5.74) is 0. The Morgan fingerprint density at radius 1 is 1.31 bits per heavy atom. The van der Waals surface area contributed by atoms with E-state index in [4.69, 9.17) is 12.2 Å². The highest BCUT2D eigenvalue weighted by Crippen LogP contribution is 2.06. The van der Waals surface area contributed by atoms with Crippen LogP contribution in [0.4, 0.5) is 0 Å². The van der Waals surface area contributed by atoms with Gasteiger partial charge < -0.3 is 14.5 Å². The topological polar surface area (TPSA) is 24.0 Å². The van der Waals surface area contributed by atoms with Crippen LogP contribution in [-0.4, -0.2) is 34.1 Å². The SMILES string of the molecule is S=c1[nH]ccn1CCN1CCCC1. The highest BCUT2D eigenvalue weighted by molar-refractivity contribution is 7.71. The Morgan fingerprint density at radius 3 is 2.69 bits per heavy atom. The van der Waals surface area contributed by atoms with Crippen LogP contribution in [0.1, 0.15) is 12.8 Å². The molecule has 3 nitrogen and oxygen atoms in total. The molecule has 1 fully saturated rings. The molecule has 2 heterocycles. The number of aromatic amines is 1. The van der Waals surface area contributed by atoms with E-state index in [1.54, 1.807) is 0 Å². The predicted octanol–water partition coefficient (Wildman–Crippen LogP) is 1.64. The maximum Gasteiger partial charge on any atom is 0.177 e. The minimum atomic E-state index is 0.833. The molecule has 0 atom stereocenters. The van der Waals surface area contributed by atoms with Crippen LogP contribution in [0.3, 0.4) is 0 Å². The Kier molecular flexibility index (Phi) is 2.80. The van der Waals surface area contributed by atoms with Crippen molar-refractivity contribution in [3.8, 4) is 0 Å². The molecule has 1 aliphatic rings. The standard InChI is InChI=1S/C9H15N3S/c13-9-10-3-6-12(9)8-7-11-4-1-2-5-11/h3,6H,1-2,4-5,7-8H2,(H,10,13). The smallest absolute Gasteiger partial charge is 0.177 e. The van der Waals surface area contributed by atoms with Crippen molar-refractivity contribution in [1.82, 2.24) is 14.5 Å². The van der Waals surface area contributed by atoms with Crippen molar-refractivity contribution >= 4 is 12.2 Å². The van der Waals surface area contributed by atoms with Gasteiger partial charge in [-0.3, -0.25) is 0 Å². The van der Waals surface area contributed by atoms with Gasteiger partial charge in [-0.25, -0.2) is 0 Å². The van der Waals surface area contributed by atoms with Crippen molar-refractivity contribution in [2.45, 2.75) is 19.4 Å². The van der Waals surface area contributed by atoms with Crippen molar-refractivity contribution in [3.05, 3.63) is 17.2 Å². The van der Waals surface area contributed by atoms with Gasteiger partial charge in [0, 0.05) is 25.5 Å². The fourth-order valence-corrected chi connectivity index (χ4v) is 2.00. The van der Waals surface area contributed by atoms with E-state index in [9.17, 15) is 0 Å². The maximum atomic E-state index is 5.11. The average Bonchev–Trinajstić information content (AvgIpc) is 2.72. The lowest BCUT2D eigenvalue weighted by atomic mass is 10.4. The van der Waals surface area contributed by atoms with E-state index in [-0.39, 0.29) is 0 Å². The summed E-state index contributed by atoms with van der Waals surface area (Å²) in [6.07, 6.45) is 6.63. The second-order valence-corrected chi connectivity index (χ2v) is 3.89. The minimum absolute atomic E-state index is 0.833. The lowest BCUT2D eigenvalue weighted by Gasteiger charge is -2.14. The highest BCUT2D eigenvalue weighted by Gasteiger charge is 2.10. The molecule has 1 aromatic rings. The quantitative estimate of drug-likeness (QED) is 0.745. The molecule has 0 radical (unpaired) electrons. The van der Waals surface area contributed by atoms with Gasteiger partial charge in [-0.15, -0.1) is 0 Å². The van der Waals surface area contributed by atoms with Crippen LogP contribution in [0.2, 0.25) is 0 Å². The number of hydrogen-bond donors (Lipinski definition) is 1. The van der Waals surface area contributed by atoms with Crippen LogP contribution in [0, 0.1) is 4.77 Å². The van der Waals surface area contributed by atoms with Crippen molar-refractivity contribution in [3.63, 3.8) is 0 Å². The van der Waals surface area contributed by atoms with E-state index in [2.05, 4.69) is 14.5 Å². The summed E-state index contributed by atoms with van der Waals surface area (Å²) < 4.78 is 2.92. The second kappa shape index (κ2) is 4.07. The third-order valence-corrected chi connectivity index (χ3v) is 2.93. The van der Waals surface area contributed by atoms with E-state index in [0.29, 0.717) is 0 Å². The first-order valence-electron chi connectivity index (χ1n) is 4.82. The number of nitrogens with zero attached hydrogens (tertiary/aromatic N) is 2. The zero-order valence-electron chi connectivity index (χ0n) is 7.70. The first-order valence-corrected chi connectivity index (χ1v) is 5.23. The molecule has 0 unspecified atom stereocenters. The van der Waals surface area contributed by atoms with Gasteiger partial charge >= 0.3 is 0 Å². The average molecular weight is 197 g/mol. The number of nitrogens with one attached hydrogen (secondary N) is 1. The van der Waals surface area contributed by atoms with Gasteiger partial charge in [0.1, 0.15) is 0 Å². The largest absolute Gasteiger partial charge is 0.337 e. The van der Waals surface area contributed by atoms with E-state index >= 15 is 0 Å². The maximum absolute atomic E-state index is 5.11. The van der Waals surface area contributed by atoms with Crippen molar-refractivity contribution in [2.75, 3.05) is 19.6 Å². The number of aromatic nitrogens is 2. The van der Waals surface area contributed by atoms with Crippen molar-refractivity contribution < 1.29 is 0 Å². The van der Waals surface area contributed by atoms with E-state index < -0.39 is 0 Å². The summed E-state index contributed by atoms with van der Waals surface area (Å²) in [5, 5.41) is 0. The Bertz CT molecular complexity index is 309. The molecular weight excluding hydrogens is 182 g/mol. The summed E-state index contributed by atoms with van der Waals surface area (Å²) in [4.78, 5) is 5.50. The van der Waals surface area contributed by atoms with Crippen LogP contribution >= 0.6 is 12.2 Å². The molecule has 1 saturated heterocycles. The molecule has 1 aliphatic heterocycles. The Balaban J connectivity index is 1.85. The molecule has 4 heteroatoms. The van der Waals surface area contributed by atoms with Crippen molar-refractivity contribution in [2.24, 2.45) is 0 Å². The van der Waals surface area contributed by atoms with Gasteiger partial charge in [0.15, 0.2) is 4.77 Å². The summed E-state index contributed by atoms with van der Waals surface area (Å²) >= 11 is 5.11. The lowest BCUT2D eigenvalue weighted by Crippen LogP contribution is -2.23. The molecule has 0 saturated carbocycles. The molecule has 0 spiro atoms.